The third-order valence-electron chi connectivity index (χ3n) is 1.25. The Morgan fingerprint density at radius 3 is 2.29 bits per heavy atom. The summed E-state index contributed by atoms with van der Waals surface area (Å²) < 4.78 is 33.1. The quantitative estimate of drug-likeness (QED) is 0.728. The number of carbonyl (C=O) groups excluding carboxylic acids is 1. The zero-order chi connectivity index (χ0) is 10.6. The van der Waals surface area contributed by atoms with Crippen LogP contribution < -0.4 is 10.0 Å². The molecular weight excluding hydrogens is 211 g/mol. The predicted molar refractivity (Wildman–Crippen MR) is 48.6 cm³/mol. The first-order valence-electron chi connectivity index (χ1n) is 3.56. The van der Waals surface area contributed by atoms with E-state index in [2.05, 4.69) is 5.32 Å². The predicted octanol–water partition coefficient (Wildman–Crippen LogP) is 1.02. The number of anilines is 1. The van der Waals surface area contributed by atoms with Gasteiger partial charge in [-0.3, -0.25) is 0 Å². The van der Waals surface area contributed by atoms with Crippen molar-refractivity contribution in [2.75, 3.05) is 5.32 Å². The second-order valence-electron chi connectivity index (χ2n) is 2.36. The number of rotatable bonds is 2. The standard InChI is InChI=1S/C7H7FN2O3S/c8-14(12,13)10-7(11)9-6-4-2-1-3-5-6/h1-5H,(H2,9,10,11). The highest BCUT2D eigenvalue weighted by atomic mass is 32.3. The lowest BCUT2D eigenvalue weighted by atomic mass is 10.3. The zero-order valence-corrected chi connectivity index (χ0v) is 7.71. The molecule has 0 bridgehead atoms. The molecule has 0 saturated heterocycles. The summed E-state index contributed by atoms with van der Waals surface area (Å²) in [7, 11) is -5.01. The molecular formula is C7H7FN2O3S. The normalized spacial score (nSPS) is 10.6. The van der Waals surface area contributed by atoms with Gasteiger partial charge in [0.15, 0.2) is 0 Å². The summed E-state index contributed by atoms with van der Waals surface area (Å²) in [4.78, 5) is 10.8. The molecule has 0 radical (unpaired) electrons. The molecule has 0 atom stereocenters. The highest BCUT2D eigenvalue weighted by Gasteiger charge is 2.11. The Hall–Kier alpha value is -1.63. The molecule has 1 aromatic rings. The summed E-state index contributed by atoms with van der Waals surface area (Å²) in [5.41, 5.74) is 0.369. The molecule has 0 fully saturated rings. The smallest absolute Gasteiger partial charge is 0.307 e. The van der Waals surface area contributed by atoms with Crippen molar-refractivity contribution in [1.82, 2.24) is 4.72 Å². The number of urea groups is 1. The summed E-state index contributed by atoms with van der Waals surface area (Å²) in [6, 6.07) is 6.92. The fourth-order valence-electron chi connectivity index (χ4n) is 0.789. The van der Waals surface area contributed by atoms with E-state index in [0.29, 0.717) is 5.69 Å². The maximum atomic E-state index is 11.9. The largest absolute Gasteiger partial charge is 0.400 e. The molecule has 0 saturated carbocycles. The van der Waals surface area contributed by atoms with Gasteiger partial charge in [-0.05, 0) is 12.1 Å². The van der Waals surface area contributed by atoms with Crippen LogP contribution in [0.15, 0.2) is 30.3 Å². The van der Waals surface area contributed by atoms with Gasteiger partial charge in [0.25, 0.3) is 0 Å². The average Bonchev–Trinajstić information content (AvgIpc) is 2.02. The second kappa shape index (κ2) is 4.05. The van der Waals surface area contributed by atoms with E-state index in [9.17, 15) is 17.1 Å². The number of para-hydroxylation sites is 1. The monoisotopic (exact) mass is 218 g/mol. The van der Waals surface area contributed by atoms with Gasteiger partial charge in [0, 0.05) is 5.69 Å². The van der Waals surface area contributed by atoms with Crippen LogP contribution >= 0.6 is 0 Å². The van der Waals surface area contributed by atoms with Crippen molar-refractivity contribution < 1.29 is 17.1 Å². The fraction of sp³-hybridized carbons (Fsp3) is 0. The Balaban J connectivity index is 2.59. The van der Waals surface area contributed by atoms with Crippen LogP contribution in [0.1, 0.15) is 0 Å². The van der Waals surface area contributed by atoms with Crippen LogP contribution in [0, 0.1) is 0 Å². The molecule has 5 nitrogen and oxygen atoms in total. The molecule has 14 heavy (non-hydrogen) atoms. The third kappa shape index (κ3) is 3.85. The van der Waals surface area contributed by atoms with E-state index in [1.54, 1.807) is 18.2 Å². The lowest BCUT2D eigenvalue weighted by Crippen LogP contribution is -2.31. The van der Waals surface area contributed by atoms with E-state index < -0.39 is 16.4 Å². The highest BCUT2D eigenvalue weighted by Crippen LogP contribution is 2.04. The number of halogens is 1. The van der Waals surface area contributed by atoms with Gasteiger partial charge >= 0.3 is 16.4 Å². The molecule has 1 rings (SSSR count). The van der Waals surface area contributed by atoms with Gasteiger partial charge in [0.1, 0.15) is 0 Å². The number of carbonyl (C=O) groups is 1. The lowest BCUT2D eigenvalue weighted by Gasteiger charge is -2.03. The van der Waals surface area contributed by atoms with Crippen molar-refractivity contribution in [2.24, 2.45) is 0 Å². The van der Waals surface area contributed by atoms with E-state index in [4.69, 9.17) is 0 Å². The summed E-state index contributed by atoms with van der Waals surface area (Å²) >= 11 is 0. The topological polar surface area (TPSA) is 75.3 Å². The van der Waals surface area contributed by atoms with Crippen LogP contribution in [-0.2, 0) is 10.4 Å². The minimum Gasteiger partial charge on any atom is -0.307 e. The van der Waals surface area contributed by atoms with Crippen LogP contribution in [0.25, 0.3) is 0 Å². The van der Waals surface area contributed by atoms with Crippen molar-refractivity contribution in [3.8, 4) is 0 Å². The van der Waals surface area contributed by atoms with Gasteiger partial charge in [-0.2, -0.15) is 8.42 Å². The molecule has 0 aliphatic rings. The third-order valence-corrected chi connectivity index (χ3v) is 1.68. The molecule has 1 aromatic carbocycles. The van der Waals surface area contributed by atoms with Crippen LogP contribution in [0.4, 0.5) is 14.4 Å². The Bertz CT molecular complexity index is 418. The Morgan fingerprint density at radius 1 is 1.21 bits per heavy atom. The van der Waals surface area contributed by atoms with Gasteiger partial charge < -0.3 is 5.32 Å². The average molecular weight is 218 g/mol. The van der Waals surface area contributed by atoms with E-state index >= 15 is 0 Å². The van der Waals surface area contributed by atoms with Crippen molar-refractivity contribution in [3.05, 3.63) is 30.3 Å². The minimum absolute atomic E-state index is 0.369. The van der Waals surface area contributed by atoms with Crippen molar-refractivity contribution in [1.29, 1.82) is 0 Å². The van der Waals surface area contributed by atoms with Crippen LogP contribution in [0.5, 0.6) is 0 Å². The Kier molecular flexibility index (Phi) is 3.03. The van der Waals surface area contributed by atoms with Crippen LogP contribution in [-0.4, -0.2) is 14.4 Å². The maximum Gasteiger partial charge on any atom is 0.400 e. The molecule has 0 aliphatic heterocycles. The first kappa shape index (κ1) is 10.5. The fourth-order valence-corrected chi connectivity index (χ4v) is 1.06. The first-order chi connectivity index (χ1) is 6.47. The summed E-state index contributed by atoms with van der Waals surface area (Å²) in [5, 5.41) is 2.13. The SMILES string of the molecule is O=C(Nc1ccccc1)NS(=O)(=O)F. The number of benzene rings is 1. The minimum atomic E-state index is -5.01. The van der Waals surface area contributed by atoms with Crippen molar-refractivity contribution in [3.63, 3.8) is 0 Å². The molecule has 2 N–H and O–H groups in total. The van der Waals surface area contributed by atoms with E-state index in [1.165, 1.54) is 12.1 Å². The molecule has 76 valence electrons. The molecule has 7 heteroatoms. The maximum absolute atomic E-state index is 11.9. The zero-order valence-electron chi connectivity index (χ0n) is 6.90. The van der Waals surface area contributed by atoms with E-state index in [-0.39, 0.29) is 0 Å². The molecule has 0 unspecified atom stereocenters. The Labute approximate surface area is 80.3 Å². The number of hydrogen-bond acceptors (Lipinski definition) is 3. The highest BCUT2D eigenvalue weighted by molar-refractivity contribution is 7.84. The molecule has 0 spiro atoms. The van der Waals surface area contributed by atoms with Crippen LogP contribution in [0.3, 0.4) is 0 Å². The first-order valence-corrected chi connectivity index (χ1v) is 4.94. The van der Waals surface area contributed by atoms with Crippen molar-refractivity contribution >= 4 is 22.1 Å². The summed E-state index contributed by atoms with van der Waals surface area (Å²) in [6.45, 7) is 0. The van der Waals surface area contributed by atoms with Gasteiger partial charge in [0.05, 0.1) is 0 Å². The van der Waals surface area contributed by atoms with E-state index in [0.717, 1.165) is 4.72 Å². The van der Waals surface area contributed by atoms with Gasteiger partial charge in [0.2, 0.25) is 0 Å². The van der Waals surface area contributed by atoms with Gasteiger partial charge in [-0.25, -0.2) is 9.52 Å². The van der Waals surface area contributed by atoms with Gasteiger partial charge in [-0.15, -0.1) is 0 Å². The van der Waals surface area contributed by atoms with Gasteiger partial charge in [-0.1, -0.05) is 22.1 Å². The summed E-state index contributed by atoms with van der Waals surface area (Å²) in [6.07, 6.45) is 0. The van der Waals surface area contributed by atoms with Crippen molar-refractivity contribution in [2.45, 2.75) is 0 Å². The van der Waals surface area contributed by atoms with E-state index in [1.807, 2.05) is 0 Å². The second-order valence-corrected chi connectivity index (χ2v) is 3.44. The Morgan fingerprint density at radius 2 is 1.79 bits per heavy atom. The number of amides is 2. The lowest BCUT2D eigenvalue weighted by molar-refractivity contribution is 0.256. The number of nitrogens with one attached hydrogen (secondary N) is 2. The molecule has 0 aliphatic carbocycles. The van der Waals surface area contributed by atoms with Crippen LogP contribution in [0.2, 0.25) is 0 Å². The molecule has 0 heterocycles. The summed E-state index contributed by atoms with van der Waals surface area (Å²) in [5.74, 6) is 0. The molecule has 0 aromatic heterocycles. The number of hydrogen-bond donors (Lipinski definition) is 2. The molecule has 2 amide bonds.